The number of esters is 1. The number of amides is 1. The van der Waals surface area contributed by atoms with Gasteiger partial charge in [-0.15, -0.1) is 0 Å². The summed E-state index contributed by atoms with van der Waals surface area (Å²) in [4.78, 5) is 26.4. The van der Waals surface area contributed by atoms with Crippen LogP contribution < -0.4 is 5.32 Å². The summed E-state index contributed by atoms with van der Waals surface area (Å²) < 4.78 is 6.84. The van der Waals surface area contributed by atoms with Gasteiger partial charge in [0.25, 0.3) is 0 Å². The van der Waals surface area contributed by atoms with E-state index in [0.29, 0.717) is 10.7 Å². The van der Waals surface area contributed by atoms with Crippen molar-refractivity contribution in [2.24, 2.45) is 0 Å². The molecule has 6 nitrogen and oxygen atoms in total. The normalized spacial score (nSPS) is 10.5. The minimum Gasteiger partial charge on any atom is -0.459 e. The molecule has 0 radical (unpaired) electrons. The largest absolute Gasteiger partial charge is 0.459 e. The number of pyridine rings is 1. The van der Waals surface area contributed by atoms with Crippen LogP contribution in [0.3, 0.4) is 0 Å². The van der Waals surface area contributed by atoms with Crippen molar-refractivity contribution in [2.75, 3.05) is 6.54 Å². The van der Waals surface area contributed by atoms with Gasteiger partial charge < -0.3 is 14.5 Å². The fourth-order valence-corrected chi connectivity index (χ4v) is 1.82. The van der Waals surface area contributed by atoms with Crippen molar-refractivity contribution in [2.45, 2.75) is 20.0 Å². The second kappa shape index (κ2) is 6.38. The van der Waals surface area contributed by atoms with Gasteiger partial charge in [0.15, 0.2) is 0 Å². The number of halogens is 1. The maximum absolute atomic E-state index is 11.4. The summed E-state index contributed by atoms with van der Waals surface area (Å²) in [5.74, 6) is -0.552. The van der Waals surface area contributed by atoms with Gasteiger partial charge in [0, 0.05) is 25.9 Å². The van der Waals surface area contributed by atoms with Crippen molar-refractivity contribution < 1.29 is 14.3 Å². The molecule has 0 aliphatic rings. The Morgan fingerprint density at radius 1 is 1.40 bits per heavy atom. The lowest BCUT2D eigenvalue weighted by Crippen LogP contribution is -2.23. The minimum absolute atomic E-state index is 0.0954. The Balaban J connectivity index is 1.86. The number of nitrogens with one attached hydrogen (secondary N) is 1. The van der Waals surface area contributed by atoms with Gasteiger partial charge in [0.05, 0.1) is 17.1 Å². The molecule has 0 aromatic carbocycles. The number of carbonyl (C=O) groups excluding carboxylic acids is 2. The van der Waals surface area contributed by atoms with Gasteiger partial charge in [-0.05, 0) is 12.1 Å². The zero-order chi connectivity index (χ0) is 14.5. The Morgan fingerprint density at radius 2 is 2.20 bits per heavy atom. The molecule has 2 heterocycles. The molecule has 0 aliphatic carbocycles. The molecule has 0 spiro atoms. The van der Waals surface area contributed by atoms with Crippen LogP contribution in [0.1, 0.15) is 19.0 Å². The van der Waals surface area contributed by atoms with Crippen molar-refractivity contribution in [1.82, 2.24) is 14.7 Å². The van der Waals surface area contributed by atoms with E-state index in [2.05, 4.69) is 10.3 Å². The lowest BCUT2D eigenvalue weighted by Gasteiger charge is -2.03. The van der Waals surface area contributed by atoms with Crippen LogP contribution in [-0.4, -0.2) is 27.8 Å². The quantitative estimate of drug-likeness (QED) is 0.850. The summed E-state index contributed by atoms with van der Waals surface area (Å²) in [6.07, 6.45) is 3.62. The molecule has 0 bridgehead atoms. The average Bonchev–Trinajstić information content (AvgIpc) is 2.77. The lowest BCUT2D eigenvalue weighted by molar-refractivity contribution is -0.144. The third kappa shape index (κ3) is 3.96. The van der Waals surface area contributed by atoms with E-state index in [1.54, 1.807) is 28.9 Å². The lowest BCUT2D eigenvalue weighted by atomic mass is 10.4. The van der Waals surface area contributed by atoms with Crippen molar-refractivity contribution >= 4 is 29.1 Å². The third-order valence-corrected chi connectivity index (χ3v) is 2.77. The Bertz CT molecular complexity index is 639. The first-order valence-corrected chi connectivity index (χ1v) is 6.45. The summed E-state index contributed by atoms with van der Waals surface area (Å²) in [7, 11) is 0. The fourth-order valence-electron chi connectivity index (χ4n) is 1.65. The standard InChI is InChI=1S/C13H14ClN3O3/c1-9(18)15-5-4-13(19)20-8-11-7-17-6-10(14)2-3-12(17)16-11/h2-3,6-7H,4-5,8H2,1H3,(H,15,18). The Kier molecular flexibility index (Phi) is 4.57. The van der Waals surface area contributed by atoms with E-state index in [9.17, 15) is 9.59 Å². The van der Waals surface area contributed by atoms with Crippen LogP contribution in [0.5, 0.6) is 0 Å². The molecule has 0 fully saturated rings. The smallest absolute Gasteiger partial charge is 0.307 e. The highest BCUT2D eigenvalue weighted by molar-refractivity contribution is 6.30. The van der Waals surface area contributed by atoms with Gasteiger partial charge in [-0.1, -0.05) is 11.6 Å². The molecule has 0 saturated heterocycles. The molecule has 0 atom stereocenters. The number of fused-ring (bicyclic) bond motifs is 1. The zero-order valence-corrected chi connectivity index (χ0v) is 11.7. The van der Waals surface area contributed by atoms with E-state index in [1.807, 2.05) is 0 Å². The molecule has 1 N–H and O–H groups in total. The predicted molar refractivity (Wildman–Crippen MR) is 73.3 cm³/mol. The van der Waals surface area contributed by atoms with Gasteiger partial charge in [-0.3, -0.25) is 9.59 Å². The molecular formula is C13H14ClN3O3. The molecule has 106 valence electrons. The first-order chi connectivity index (χ1) is 9.54. The highest BCUT2D eigenvalue weighted by Crippen LogP contribution is 2.12. The molecule has 20 heavy (non-hydrogen) atoms. The van der Waals surface area contributed by atoms with Crippen molar-refractivity contribution in [1.29, 1.82) is 0 Å². The van der Waals surface area contributed by atoms with Crippen LogP contribution in [0.2, 0.25) is 5.02 Å². The molecule has 2 rings (SSSR count). The monoisotopic (exact) mass is 295 g/mol. The molecule has 7 heteroatoms. The van der Waals surface area contributed by atoms with Gasteiger partial charge in [0.2, 0.25) is 5.91 Å². The van der Waals surface area contributed by atoms with Crippen LogP contribution in [0.4, 0.5) is 0 Å². The summed E-state index contributed by atoms with van der Waals surface area (Å²) in [6.45, 7) is 1.76. The molecule has 2 aromatic rings. The second-order valence-corrected chi connectivity index (χ2v) is 4.68. The summed E-state index contributed by atoms with van der Waals surface area (Å²) in [5, 5.41) is 3.13. The number of aromatic nitrogens is 2. The maximum atomic E-state index is 11.4. The molecular weight excluding hydrogens is 282 g/mol. The Morgan fingerprint density at radius 3 is 2.95 bits per heavy atom. The van der Waals surface area contributed by atoms with Crippen LogP contribution in [0.15, 0.2) is 24.5 Å². The van der Waals surface area contributed by atoms with E-state index in [1.165, 1.54) is 6.92 Å². The van der Waals surface area contributed by atoms with E-state index in [0.717, 1.165) is 5.65 Å². The number of carbonyl (C=O) groups is 2. The van der Waals surface area contributed by atoms with Gasteiger partial charge in [-0.25, -0.2) is 4.98 Å². The van der Waals surface area contributed by atoms with Crippen molar-refractivity contribution in [3.63, 3.8) is 0 Å². The molecule has 0 saturated carbocycles. The second-order valence-electron chi connectivity index (χ2n) is 4.24. The topological polar surface area (TPSA) is 72.7 Å². The number of imidazole rings is 1. The van der Waals surface area contributed by atoms with Gasteiger partial charge in [-0.2, -0.15) is 0 Å². The Hall–Kier alpha value is -2.08. The number of nitrogens with zero attached hydrogens (tertiary/aromatic N) is 2. The average molecular weight is 296 g/mol. The number of hydrogen-bond donors (Lipinski definition) is 1. The molecule has 2 aromatic heterocycles. The fraction of sp³-hybridized carbons (Fsp3) is 0.308. The molecule has 0 unspecified atom stereocenters. The number of hydrogen-bond acceptors (Lipinski definition) is 4. The van der Waals surface area contributed by atoms with E-state index < -0.39 is 0 Å². The minimum atomic E-state index is -0.381. The summed E-state index contributed by atoms with van der Waals surface area (Å²) >= 11 is 5.87. The van der Waals surface area contributed by atoms with Crippen LogP contribution in [-0.2, 0) is 20.9 Å². The van der Waals surface area contributed by atoms with Crippen LogP contribution in [0.25, 0.3) is 5.65 Å². The zero-order valence-electron chi connectivity index (χ0n) is 10.9. The SMILES string of the molecule is CC(=O)NCCC(=O)OCc1cn2cc(Cl)ccc2n1. The third-order valence-electron chi connectivity index (χ3n) is 2.55. The number of rotatable bonds is 5. The van der Waals surface area contributed by atoms with Crippen molar-refractivity contribution in [3.8, 4) is 0 Å². The first-order valence-electron chi connectivity index (χ1n) is 6.08. The summed E-state index contributed by atoms with van der Waals surface area (Å²) in [6, 6.07) is 3.53. The summed E-state index contributed by atoms with van der Waals surface area (Å²) in [5.41, 5.74) is 1.37. The van der Waals surface area contributed by atoms with Gasteiger partial charge >= 0.3 is 5.97 Å². The van der Waals surface area contributed by atoms with Gasteiger partial charge in [0.1, 0.15) is 12.3 Å². The highest BCUT2D eigenvalue weighted by atomic mass is 35.5. The predicted octanol–water partition coefficient (Wildman–Crippen LogP) is 1.56. The van der Waals surface area contributed by atoms with Crippen LogP contribution in [0, 0.1) is 0 Å². The van der Waals surface area contributed by atoms with Crippen LogP contribution >= 0.6 is 11.6 Å². The number of ether oxygens (including phenoxy) is 1. The van der Waals surface area contributed by atoms with Crippen molar-refractivity contribution in [3.05, 3.63) is 35.2 Å². The van der Waals surface area contributed by atoms with E-state index in [-0.39, 0.29) is 31.4 Å². The molecule has 1 amide bonds. The highest BCUT2D eigenvalue weighted by Gasteiger charge is 2.07. The maximum Gasteiger partial charge on any atom is 0.307 e. The van der Waals surface area contributed by atoms with E-state index in [4.69, 9.17) is 16.3 Å². The molecule has 0 aliphatic heterocycles. The first kappa shape index (κ1) is 14.3. The van der Waals surface area contributed by atoms with E-state index >= 15 is 0 Å². The Labute approximate surface area is 120 Å².